The van der Waals surface area contributed by atoms with Gasteiger partial charge in [-0.2, -0.15) is 5.26 Å². The topological polar surface area (TPSA) is 67.2 Å². The van der Waals surface area contributed by atoms with Crippen molar-refractivity contribution in [1.82, 2.24) is 0 Å². The molecule has 0 aromatic heterocycles. The highest BCUT2D eigenvalue weighted by Crippen LogP contribution is 2.18. The lowest BCUT2D eigenvalue weighted by atomic mass is 9.98. The normalized spacial score (nSPS) is 9.31. The van der Waals surface area contributed by atoms with Crippen LogP contribution in [-0.4, -0.2) is 18.9 Å². The van der Waals surface area contributed by atoms with E-state index in [1.807, 2.05) is 6.07 Å². The standard InChI is InChI=1S/C12H11NO3/c1-3-16-12(15)11-8(2)9(6-13)4-5-10(11)7-14/h4-5,7H,3H2,1-2H3. The molecular weight excluding hydrogens is 206 g/mol. The van der Waals surface area contributed by atoms with Gasteiger partial charge < -0.3 is 4.74 Å². The molecular formula is C12H11NO3. The molecule has 0 spiro atoms. The summed E-state index contributed by atoms with van der Waals surface area (Å²) in [7, 11) is 0. The number of carbonyl (C=O) groups excluding carboxylic acids is 2. The molecule has 0 fully saturated rings. The van der Waals surface area contributed by atoms with Crippen LogP contribution in [0.2, 0.25) is 0 Å². The monoisotopic (exact) mass is 217 g/mol. The van der Waals surface area contributed by atoms with Crippen molar-refractivity contribution in [2.75, 3.05) is 6.61 Å². The van der Waals surface area contributed by atoms with Gasteiger partial charge in [-0.05, 0) is 31.5 Å². The number of nitriles is 1. The van der Waals surface area contributed by atoms with Crippen LogP contribution in [0.3, 0.4) is 0 Å². The van der Waals surface area contributed by atoms with Crippen molar-refractivity contribution >= 4 is 12.3 Å². The summed E-state index contributed by atoms with van der Waals surface area (Å²) in [5.41, 5.74) is 1.27. The number of aldehydes is 1. The maximum atomic E-state index is 11.6. The van der Waals surface area contributed by atoms with Gasteiger partial charge in [0.25, 0.3) is 0 Å². The minimum Gasteiger partial charge on any atom is -0.462 e. The lowest BCUT2D eigenvalue weighted by Gasteiger charge is -2.08. The SMILES string of the molecule is CCOC(=O)c1c(C=O)ccc(C#N)c1C. The quantitative estimate of drug-likeness (QED) is 0.572. The Morgan fingerprint density at radius 3 is 2.75 bits per heavy atom. The Kier molecular flexibility index (Phi) is 3.78. The van der Waals surface area contributed by atoms with Gasteiger partial charge in [-0.25, -0.2) is 4.79 Å². The van der Waals surface area contributed by atoms with Crippen molar-refractivity contribution in [2.24, 2.45) is 0 Å². The molecule has 4 nitrogen and oxygen atoms in total. The smallest absolute Gasteiger partial charge is 0.339 e. The number of nitrogens with zero attached hydrogens (tertiary/aromatic N) is 1. The first-order chi connectivity index (χ1) is 7.65. The van der Waals surface area contributed by atoms with Crippen molar-refractivity contribution in [1.29, 1.82) is 5.26 Å². The van der Waals surface area contributed by atoms with E-state index in [0.717, 1.165) is 0 Å². The molecule has 0 heterocycles. The van der Waals surface area contributed by atoms with Gasteiger partial charge in [-0.1, -0.05) is 0 Å². The Morgan fingerprint density at radius 2 is 2.25 bits per heavy atom. The third-order valence-electron chi connectivity index (χ3n) is 2.22. The van der Waals surface area contributed by atoms with Crippen molar-refractivity contribution in [3.05, 3.63) is 34.4 Å². The lowest BCUT2D eigenvalue weighted by Crippen LogP contribution is -2.11. The fourth-order valence-corrected chi connectivity index (χ4v) is 1.43. The van der Waals surface area contributed by atoms with Crippen LogP contribution < -0.4 is 0 Å². The van der Waals surface area contributed by atoms with E-state index in [0.29, 0.717) is 17.4 Å². The second kappa shape index (κ2) is 5.08. The molecule has 1 aromatic rings. The van der Waals surface area contributed by atoms with Gasteiger partial charge in [0.05, 0.1) is 23.8 Å². The Morgan fingerprint density at radius 1 is 1.56 bits per heavy atom. The first-order valence-corrected chi connectivity index (χ1v) is 4.81. The zero-order valence-corrected chi connectivity index (χ0v) is 9.11. The predicted octanol–water partition coefficient (Wildman–Crippen LogP) is 1.86. The minimum absolute atomic E-state index is 0.177. The number of esters is 1. The predicted molar refractivity (Wildman–Crippen MR) is 57.2 cm³/mol. The molecule has 0 bridgehead atoms. The summed E-state index contributed by atoms with van der Waals surface area (Å²) >= 11 is 0. The zero-order valence-electron chi connectivity index (χ0n) is 9.11. The van der Waals surface area contributed by atoms with E-state index < -0.39 is 5.97 Å². The molecule has 0 N–H and O–H groups in total. The van der Waals surface area contributed by atoms with Crippen molar-refractivity contribution in [3.63, 3.8) is 0 Å². The highest BCUT2D eigenvalue weighted by molar-refractivity contribution is 6.00. The summed E-state index contributed by atoms with van der Waals surface area (Å²) < 4.78 is 4.84. The largest absolute Gasteiger partial charge is 0.462 e. The van der Waals surface area contributed by atoms with Gasteiger partial charge in [0.15, 0.2) is 6.29 Å². The van der Waals surface area contributed by atoms with E-state index in [-0.39, 0.29) is 17.7 Å². The Balaban J connectivity index is 3.38. The molecule has 1 rings (SSSR count). The molecule has 0 unspecified atom stereocenters. The van der Waals surface area contributed by atoms with Crippen LogP contribution in [0.1, 0.15) is 38.8 Å². The van der Waals surface area contributed by atoms with Crippen molar-refractivity contribution < 1.29 is 14.3 Å². The lowest BCUT2D eigenvalue weighted by molar-refractivity contribution is 0.0523. The van der Waals surface area contributed by atoms with Crippen molar-refractivity contribution in [3.8, 4) is 6.07 Å². The molecule has 0 atom stereocenters. The first kappa shape index (κ1) is 11.9. The first-order valence-electron chi connectivity index (χ1n) is 4.81. The molecule has 0 aliphatic heterocycles. The summed E-state index contributed by atoms with van der Waals surface area (Å²) in [4.78, 5) is 22.4. The van der Waals surface area contributed by atoms with Crippen LogP contribution in [0.4, 0.5) is 0 Å². The summed E-state index contributed by atoms with van der Waals surface area (Å²) in [6.07, 6.45) is 0.584. The molecule has 0 aliphatic carbocycles. The molecule has 82 valence electrons. The summed E-state index contributed by atoms with van der Waals surface area (Å²) in [5, 5.41) is 8.83. The van der Waals surface area contributed by atoms with Crippen LogP contribution in [-0.2, 0) is 4.74 Å². The number of ether oxygens (including phenoxy) is 1. The van der Waals surface area contributed by atoms with Crippen LogP contribution in [0.5, 0.6) is 0 Å². The van der Waals surface area contributed by atoms with Crippen molar-refractivity contribution in [2.45, 2.75) is 13.8 Å². The van der Waals surface area contributed by atoms with E-state index in [9.17, 15) is 9.59 Å². The van der Waals surface area contributed by atoms with E-state index >= 15 is 0 Å². The molecule has 0 radical (unpaired) electrons. The molecule has 1 aromatic carbocycles. The minimum atomic E-state index is -0.570. The van der Waals surface area contributed by atoms with E-state index in [1.165, 1.54) is 12.1 Å². The zero-order chi connectivity index (χ0) is 12.1. The van der Waals surface area contributed by atoms with E-state index in [4.69, 9.17) is 10.00 Å². The number of rotatable bonds is 3. The number of benzene rings is 1. The molecule has 16 heavy (non-hydrogen) atoms. The third-order valence-corrected chi connectivity index (χ3v) is 2.22. The van der Waals surface area contributed by atoms with Crippen LogP contribution in [0.15, 0.2) is 12.1 Å². The third kappa shape index (κ3) is 2.09. The van der Waals surface area contributed by atoms with Gasteiger partial charge in [0.1, 0.15) is 0 Å². The maximum Gasteiger partial charge on any atom is 0.339 e. The summed E-state index contributed by atoms with van der Waals surface area (Å²) in [6, 6.07) is 4.93. The van der Waals surface area contributed by atoms with Gasteiger partial charge >= 0.3 is 5.97 Å². The summed E-state index contributed by atoms with van der Waals surface area (Å²) in [6.45, 7) is 3.53. The van der Waals surface area contributed by atoms with E-state index in [1.54, 1.807) is 13.8 Å². The van der Waals surface area contributed by atoms with Crippen LogP contribution >= 0.6 is 0 Å². The van der Waals surface area contributed by atoms with Gasteiger partial charge in [-0.15, -0.1) is 0 Å². The van der Waals surface area contributed by atoms with Gasteiger partial charge in [-0.3, -0.25) is 4.79 Å². The number of hydrogen-bond donors (Lipinski definition) is 0. The molecule has 4 heteroatoms. The fourth-order valence-electron chi connectivity index (χ4n) is 1.43. The second-order valence-electron chi connectivity index (χ2n) is 3.15. The summed E-state index contributed by atoms with van der Waals surface area (Å²) in [5.74, 6) is -0.570. The second-order valence-corrected chi connectivity index (χ2v) is 3.15. The number of carbonyl (C=O) groups is 2. The average Bonchev–Trinajstić information content (AvgIpc) is 2.28. The Bertz CT molecular complexity index is 472. The van der Waals surface area contributed by atoms with Crippen LogP contribution in [0.25, 0.3) is 0 Å². The molecule has 0 amide bonds. The Hall–Kier alpha value is -2.15. The highest BCUT2D eigenvalue weighted by Gasteiger charge is 2.17. The molecule has 0 aliphatic rings. The average molecular weight is 217 g/mol. The molecule has 0 saturated carbocycles. The molecule has 0 saturated heterocycles. The van der Waals surface area contributed by atoms with Gasteiger partial charge in [0.2, 0.25) is 0 Å². The highest BCUT2D eigenvalue weighted by atomic mass is 16.5. The van der Waals surface area contributed by atoms with E-state index in [2.05, 4.69) is 0 Å². The maximum absolute atomic E-state index is 11.6. The fraction of sp³-hybridized carbons (Fsp3) is 0.250. The Labute approximate surface area is 93.5 Å². The van der Waals surface area contributed by atoms with Crippen LogP contribution in [0, 0.1) is 18.3 Å². The van der Waals surface area contributed by atoms with Gasteiger partial charge in [0, 0.05) is 5.56 Å². The number of hydrogen-bond acceptors (Lipinski definition) is 4.